The molecule has 3 aromatic rings. The first kappa shape index (κ1) is 29.7. The molecule has 0 spiro atoms. The van der Waals surface area contributed by atoms with E-state index in [9.17, 15) is 9.59 Å². The number of aryl methyl sites for hydroxylation is 1. The van der Waals surface area contributed by atoms with Gasteiger partial charge < -0.3 is 20.8 Å². The highest BCUT2D eigenvalue weighted by molar-refractivity contribution is 7.99. The summed E-state index contributed by atoms with van der Waals surface area (Å²) in [5.74, 6) is 5.75. The van der Waals surface area contributed by atoms with Gasteiger partial charge in [0.05, 0.1) is 11.3 Å². The molecule has 1 heterocycles. The third-order valence-corrected chi connectivity index (χ3v) is 6.76. The Morgan fingerprint density at radius 2 is 1.89 bits per heavy atom. The lowest BCUT2D eigenvalue weighted by molar-refractivity contribution is -0.129. The van der Waals surface area contributed by atoms with E-state index in [4.69, 9.17) is 21.5 Å². The van der Waals surface area contributed by atoms with Gasteiger partial charge in [-0.3, -0.25) is 19.5 Å². The molecule has 1 aromatic heterocycles. The fraction of sp³-hybridized carbons (Fsp3) is 0.200. The minimum atomic E-state index is -0.638. The van der Waals surface area contributed by atoms with Gasteiger partial charge in [0.1, 0.15) is 12.3 Å². The summed E-state index contributed by atoms with van der Waals surface area (Å²) >= 11 is 3.00. The van der Waals surface area contributed by atoms with E-state index in [1.165, 1.54) is 29.2 Å². The number of carbonyl (C=O) groups excluding carboxylic acids is 2. The molecule has 0 saturated carbocycles. The molecular formula is C25H32N6O4S2. The molecule has 2 amide bonds. The molecule has 0 saturated heterocycles. The molecule has 0 fully saturated rings. The number of rotatable bonds is 10. The van der Waals surface area contributed by atoms with E-state index in [-0.39, 0.29) is 12.5 Å². The second kappa shape index (κ2) is 15.5. The Morgan fingerprint density at radius 1 is 1.16 bits per heavy atom. The summed E-state index contributed by atoms with van der Waals surface area (Å²) in [6.07, 6.45) is 1.41. The van der Waals surface area contributed by atoms with Gasteiger partial charge in [0, 0.05) is 35.9 Å². The Labute approximate surface area is 224 Å². The topological polar surface area (TPSA) is 155 Å². The van der Waals surface area contributed by atoms with E-state index in [0.717, 1.165) is 25.4 Å². The highest BCUT2D eigenvalue weighted by Crippen LogP contribution is 2.33. The van der Waals surface area contributed by atoms with E-state index >= 15 is 0 Å². The highest BCUT2D eigenvalue weighted by atomic mass is 32.2. The van der Waals surface area contributed by atoms with E-state index in [1.54, 1.807) is 31.6 Å². The van der Waals surface area contributed by atoms with Gasteiger partial charge in [0.15, 0.2) is 0 Å². The predicted molar refractivity (Wildman–Crippen MR) is 148 cm³/mol. The maximum atomic E-state index is 11.8. The average molecular weight is 545 g/mol. The number of nitrogens with two attached hydrogens (primary N) is 2. The molecule has 2 aromatic carbocycles. The van der Waals surface area contributed by atoms with Gasteiger partial charge >= 0.3 is 0 Å². The SMILES string of the molecule is CNC(=O)c1cccc(-c2ccc(SNC/C(N)=C/N(N)CC(=O)NO)s2)c1.COc1ccc(C)cc1. The van der Waals surface area contributed by atoms with Gasteiger partial charge in [0.25, 0.3) is 11.8 Å². The van der Waals surface area contributed by atoms with Crippen LogP contribution in [0, 0.1) is 6.92 Å². The van der Waals surface area contributed by atoms with Crippen LogP contribution in [0.3, 0.4) is 0 Å². The largest absolute Gasteiger partial charge is 0.497 e. The summed E-state index contributed by atoms with van der Waals surface area (Å²) in [6.45, 7) is 2.19. The predicted octanol–water partition coefficient (Wildman–Crippen LogP) is 2.86. The lowest BCUT2D eigenvalue weighted by Crippen LogP contribution is -2.37. The van der Waals surface area contributed by atoms with Crippen molar-refractivity contribution < 1.29 is 19.5 Å². The van der Waals surface area contributed by atoms with E-state index in [0.29, 0.717) is 17.8 Å². The fourth-order valence-electron chi connectivity index (χ4n) is 2.86. The van der Waals surface area contributed by atoms with Gasteiger partial charge in [-0.15, -0.1) is 11.3 Å². The van der Waals surface area contributed by atoms with Crippen LogP contribution < -0.4 is 31.8 Å². The molecule has 3 rings (SSSR count). The van der Waals surface area contributed by atoms with Gasteiger partial charge in [-0.2, -0.15) is 0 Å². The van der Waals surface area contributed by atoms with Crippen molar-refractivity contribution in [2.75, 3.05) is 27.2 Å². The molecule has 0 unspecified atom stereocenters. The Hall–Kier alpha value is -3.55. The Morgan fingerprint density at radius 3 is 2.54 bits per heavy atom. The molecule has 198 valence electrons. The third-order valence-electron chi connectivity index (χ3n) is 4.71. The van der Waals surface area contributed by atoms with Crippen LogP contribution >= 0.6 is 23.3 Å². The number of carbonyl (C=O) groups is 2. The molecule has 0 aliphatic rings. The first-order chi connectivity index (χ1) is 17.7. The van der Waals surface area contributed by atoms with Crippen molar-refractivity contribution in [2.24, 2.45) is 11.6 Å². The molecule has 8 N–H and O–H groups in total. The van der Waals surface area contributed by atoms with Crippen LogP contribution in [0.5, 0.6) is 5.75 Å². The van der Waals surface area contributed by atoms with Gasteiger partial charge in [-0.25, -0.2) is 11.3 Å². The van der Waals surface area contributed by atoms with Crippen molar-refractivity contribution >= 4 is 35.1 Å². The number of hydroxylamine groups is 1. The van der Waals surface area contributed by atoms with E-state index < -0.39 is 5.91 Å². The summed E-state index contributed by atoms with van der Waals surface area (Å²) < 4.78 is 9.11. The van der Waals surface area contributed by atoms with Crippen molar-refractivity contribution in [1.82, 2.24) is 20.5 Å². The van der Waals surface area contributed by atoms with Crippen molar-refractivity contribution in [3.8, 4) is 16.2 Å². The number of hydrogen-bond acceptors (Lipinski definition) is 10. The summed E-state index contributed by atoms with van der Waals surface area (Å²) in [7, 11) is 3.27. The minimum Gasteiger partial charge on any atom is -0.497 e. The van der Waals surface area contributed by atoms with Gasteiger partial charge in [0.2, 0.25) is 0 Å². The van der Waals surface area contributed by atoms with Crippen LogP contribution in [-0.2, 0) is 4.79 Å². The maximum absolute atomic E-state index is 11.8. The van der Waals surface area contributed by atoms with E-state index in [2.05, 4.69) is 17.0 Å². The lowest BCUT2D eigenvalue weighted by Gasteiger charge is -2.13. The minimum absolute atomic E-state index is 0.123. The number of nitrogens with one attached hydrogen (secondary N) is 3. The van der Waals surface area contributed by atoms with Crippen LogP contribution in [0.15, 0.2) is 76.8 Å². The summed E-state index contributed by atoms with van der Waals surface area (Å²) in [6, 6.07) is 19.4. The third kappa shape index (κ3) is 10.5. The number of benzene rings is 2. The number of hydrazine groups is 1. The number of ether oxygens (including phenoxy) is 1. The number of methoxy groups -OCH3 is 1. The Balaban J connectivity index is 0.000000449. The summed E-state index contributed by atoms with van der Waals surface area (Å²) in [5.41, 5.74) is 10.6. The van der Waals surface area contributed by atoms with Crippen LogP contribution in [-0.4, -0.2) is 49.3 Å². The van der Waals surface area contributed by atoms with Gasteiger partial charge in [-0.1, -0.05) is 29.8 Å². The molecule has 0 radical (unpaired) electrons. The normalized spacial score (nSPS) is 10.7. The Bertz CT molecular complexity index is 1180. The maximum Gasteiger partial charge on any atom is 0.264 e. The monoisotopic (exact) mass is 544 g/mol. The Kier molecular flexibility index (Phi) is 12.5. The first-order valence-electron chi connectivity index (χ1n) is 11.1. The molecular weight excluding hydrogens is 512 g/mol. The molecule has 0 aliphatic carbocycles. The second-order valence-electron chi connectivity index (χ2n) is 7.63. The molecule has 0 bridgehead atoms. The lowest BCUT2D eigenvalue weighted by atomic mass is 10.1. The highest BCUT2D eigenvalue weighted by Gasteiger charge is 2.08. The molecule has 0 aliphatic heterocycles. The van der Waals surface area contributed by atoms with Crippen molar-refractivity contribution in [3.05, 3.63) is 83.7 Å². The van der Waals surface area contributed by atoms with Crippen LogP contribution in [0.25, 0.3) is 10.4 Å². The zero-order valence-corrected chi connectivity index (χ0v) is 22.5. The van der Waals surface area contributed by atoms with Crippen LogP contribution in [0.2, 0.25) is 0 Å². The number of nitrogens with zero attached hydrogens (tertiary/aromatic N) is 1. The molecule has 0 atom stereocenters. The first-order valence-corrected chi connectivity index (χ1v) is 12.7. The van der Waals surface area contributed by atoms with E-state index in [1.807, 2.05) is 54.6 Å². The number of hydrogen-bond donors (Lipinski definition) is 6. The average Bonchev–Trinajstić information content (AvgIpc) is 3.38. The number of amides is 2. The molecule has 10 nitrogen and oxygen atoms in total. The number of thiophene rings is 1. The molecule has 12 heteroatoms. The smallest absolute Gasteiger partial charge is 0.264 e. The summed E-state index contributed by atoms with van der Waals surface area (Å²) in [5, 5.41) is 12.2. The zero-order valence-electron chi connectivity index (χ0n) is 20.9. The quantitative estimate of drug-likeness (QED) is 0.0978. The van der Waals surface area contributed by atoms with Crippen molar-refractivity contribution in [2.45, 2.75) is 11.1 Å². The fourth-order valence-corrected chi connectivity index (χ4v) is 4.72. The van der Waals surface area contributed by atoms with Crippen molar-refractivity contribution in [1.29, 1.82) is 0 Å². The molecule has 37 heavy (non-hydrogen) atoms. The summed E-state index contributed by atoms with van der Waals surface area (Å²) in [4.78, 5) is 23.8. The second-order valence-corrected chi connectivity index (χ2v) is 9.91. The standard InChI is InChI=1S/C17H22N6O3S2.C8H10O/c1-20-17(25)12-4-2-3-11(7-12)14-5-6-16(27-14)28-21-8-13(18)9-23(19)10-15(24)22-26;1-7-3-5-8(9-2)6-4-7/h2-7,9,21,26H,8,10,18-19H2,1H3,(H,20,25)(H,22,24);3-6H,1-2H3/b13-9-;. The van der Waals surface area contributed by atoms with Crippen LogP contribution in [0.4, 0.5) is 0 Å². The van der Waals surface area contributed by atoms with Gasteiger partial charge in [-0.05, 0) is 60.8 Å². The zero-order chi connectivity index (χ0) is 27.2. The van der Waals surface area contributed by atoms with Crippen LogP contribution in [0.1, 0.15) is 15.9 Å². The van der Waals surface area contributed by atoms with Crippen molar-refractivity contribution in [3.63, 3.8) is 0 Å².